The van der Waals surface area contributed by atoms with Gasteiger partial charge in [-0.3, -0.25) is 0 Å². The Morgan fingerprint density at radius 1 is 2.00 bits per heavy atom. The molecule has 0 aromatic heterocycles. The molecule has 0 aliphatic rings. The van der Waals surface area contributed by atoms with Crippen LogP contribution in [0.1, 0.15) is 6.42 Å². The maximum absolute atomic E-state index is 8.37. The molecule has 0 aromatic carbocycles. The van der Waals surface area contributed by atoms with Crippen LogP contribution in [-0.4, -0.2) is 11.2 Å². The minimum atomic E-state index is -0.648. The third-order valence-corrected chi connectivity index (χ3v) is 0.466. The van der Waals surface area contributed by atoms with Gasteiger partial charge in [0.15, 0.2) is 0 Å². The molecule has 0 saturated heterocycles. The van der Waals surface area contributed by atoms with Crippen LogP contribution < -0.4 is 0 Å². The molecule has 0 saturated carbocycles. The molecule has 1 heteroatoms. The Labute approximate surface area is 38.0 Å². The molecule has 0 aliphatic heterocycles. The Balaban J connectivity index is 3.04. The molecule has 0 spiro atoms. The first kappa shape index (κ1) is 5.52. The van der Waals surface area contributed by atoms with E-state index in [0.717, 1.165) is 0 Å². The van der Waals surface area contributed by atoms with Gasteiger partial charge in [0.2, 0.25) is 0 Å². The Morgan fingerprint density at radius 2 is 2.50 bits per heavy atom. The maximum Gasteiger partial charge on any atom is 0.114 e. The van der Waals surface area contributed by atoms with E-state index in [4.69, 9.17) is 11.5 Å². The van der Waals surface area contributed by atoms with E-state index in [1.54, 1.807) is 0 Å². The van der Waals surface area contributed by atoms with Crippen LogP contribution in [0.25, 0.3) is 0 Å². The second-order valence-corrected chi connectivity index (χ2v) is 0.971. The molecule has 0 aromatic rings. The fourth-order valence-electron chi connectivity index (χ4n) is 0.0833. The number of rotatable bonds is 1. The quantitative estimate of drug-likeness (QED) is 0.449. The first-order valence-corrected chi connectivity index (χ1v) is 1.74. The van der Waals surface area contributed by atoms with Crippen LogP contribution in [0.4, 0.5) is 0 Å². The average Bonchev–Trinajstić information content (AvgIpc) is 1.65. The van der Waals surface area contributed by atoms with Gasteiger partial charge in [-0.2, -0.15) is 0 Å². The van der Waals surface area contributed by atoms with E-state index < -0.39 is 6.10 Å². The van der Waals surface area contributed by atoms with E-state index in [1.807, 2.05) is 0 Å². The highest BCUT2D eigenvalue weighted by molar-refractivity contribution is 4.93. The largest absolute Gasteiger partial charge is 0.380 e. The van der Waals surface area contributed by atoms with E-state index in [0.29, 0.717) is 6.42 Å². The van der Waals surface area contributed by atoms with Crippen molar-refractivity contribution in [3.63, 3.8) is 0 Å². The second kappa shape index (κ2) is 2.74. The van der Waals surface area contributed by atoms with E-state index in [9.17, 15) is 0 Å². The highest BCUT2D eigenvalue weighted by Crippen LogP contribution is 1.81. The van der Waals surface area contributed by atoms with E-state index in [1.165, 1.54) is 0 Å². The summed E-state index contributed by atoms with van der Waals surface area (Å²) in [5.41, 5.74) is 0. The van der Waals surface area contributed by atoms with Crippen molar-refractivity contribution in [2.75, 3.05) is 0 Å². The van der Waals surface area contributed by atoms with Crippen molar-refractivity contribution in [2.45, 2.75) is 12.5 Å². The molecule has 0 fully saturated rings. The minimum Gasteiger partial charge on any atom is -0.380 e. The van der Waals surface area contributed by atoms with E-state index in [-0.39, 0.29) is 0 Å². The molecule has 1 nitrogen and oxygen atoms in total. The fraction of sp³-hybridized carbons (Fsp3) is 0.400. The van der Waals surface area contributed by atoms with Crippen molar-refractivity contribution in [3.8, 4) is 12.3 Å². The molecule has 1 N–H and O–H groups in total. The summed E-state index contributed by atoms with van der Waals surface area (Å²) < 4.78 is 0. The van der Waals surface area contributed by atoms with Gasteiger partial charge in [0.05, 0.1) is 0 Å². The lowest BCUT2D eigenvalue weighted by atomic mass is 10.3. The molecule has 0 aliphatic carbocycles. The lowest BCUT2D eigenvalue weighted by molar-refractivity contribution is 0.236. The zero-order valence-electron chi connectivity index (χ0n) is 3.52. The summed E-state index contributed by atoms with van der Waals surface area (Å²) in [5, 5.41) is 8.37. The highest BCUT2D eigenvalue weighted by Gasteiger charge is 1.86. The first-order valence-electron chi connectivity index (χ1n) is 1.74. The van der Waals surface area contributed by atoms with Gasteiger partial charge in [0, 0.05) is 0 Å². The number of terminal acetylenes is 1. The van der Waals surface area contributed by atoms with Gasteiger partial charge in [-0.15, -0.1) is 6.42 Å². The van der Waals surface area contributed by atoms with Gasteiger partial charge in [-0.05, 0) is 13.3 Å². The van der Waals surface area contributed by atoms with Crippen LogP contribution in [0, 0.1) is 19.3 Å². The van der Waals surface area contributed by atoms with Crippen molar-refractivity contribution in [1.29, 1.82) is 0 Å². The molecule has 1 radical (unpaired) electrons. The summed E-state index contributed by atoms with van der Waals surface area (Å²) in [5.74, 6) is 2.11. The van der Waals surface area contributed by atoms with Gasteiger partial charge >= 0.3 is 0 Å². The van der Waals surface area contributed by atoms with E-state index >= 15 is 0 Å². The maximum atomic E-state index is 8.37. The van der Waals surface area contributed by atoms with Gasteiger partial charge in [0.1, 0.15) is 6.10 Å². The molecule has 6 heavy (non-hydrogen) atoms. The summed E-state index contributed by atoms with van der Waals surface area (Å²) in [6, 6.07) is 0. The van der Waals surface area contributed by atoms with Crippen molar-refractivity contribution < 1.29 is 5.11 Å². The molecule has 0 amide bonds. The Hall–Kier alpha value is -0.480. The van der Waals surface area contributed by atoms with Gasteiger partial charge < -0.3 is 5.11 Å². The molecular formula is C5H7O. The van der Waals surface area contributed by atoms with Crippen LogP contribution >= 0.6 is 0 Å². The lowest BCUT2D eigenvalue weighted by Gasteiger charge is -1.90. The zero-order valence-corrected chi connectivity index (χ0v) is 3.52. The van der Waals surface area contributed by atoms with Crippen molar-refractivity contribution in [2.24, 2.45) is 0 Å². The summed E-state index contributed by atoms with van der Waals surface area (Å²) in [6.45, 7) is 3.36. The second-order valence-electron chi connectivity index (χ2n) is 0.971. The van der Waals surface area contributed by atoms with Crippen LogP contribution in [0.15, 0.2) is 0 Å². The van der Waals surface area contributed by atoms with Gasteiger partial charge in [-0.25, -0.2) is 0 Å². The topological polar surface area (TPSA) is 20.2 Å². The fourth-order valence-corrected chi connectivity index (χ4v) is 0.0833. The molecule has 0 heterocycles. The van der Waals surface area contributed by atoms with Crippen LogP contribution in [-0.2, 0) is 0 Å². The van der Waals surface area contributed by atoms with Crippen LogP contribution in [0.3, 0.4) is 0 Å². The molecule has 1 atom stereocenters. The Bertz CT molecular complexity index is 60.8. The monoisotopic (exact) mass is 83.0 g/mol. The summed E-state index contributed by atoms with van der Waals surface area (Å²) in [6.07, 6.45) is 4.49. The molecule has 1 unspecified atom stereocenters. The standard InChI is InChI=1S/C5H7O/c1-3-5(6)4-2/h1,5-6H,2,4H2. The third-order valence-electron chi connectivity index (χ3n) is 0.466. The van der Waals surface area contributed by atoms with Crippen LogP contribution in [0.5, 0.6) is 0 Å². The van der Waals surface area contributed by atoms with Gasteiger partial charge in [0.25, 0.3) is 0 Å². The SMILES string of the molecule is C#CC(O)C[CH2]. The zero-order chi connectivity index (χ0) is 4.99. The molecule has 0 bridgehead atoms. The minimum absolute atomic E-state index is 0.399. The Kier molecular flexibility index (Phi) is 2.52. The first-order chi connectivity index (χ1) is 2.81. The van der Waals surface area contributed by atoms with Crippen molar-refractivity contribution in [3.05, 3.63) is 6.92 Å². The number of aliphatic hydroxyl groups is 1. The average molecular weight is 83.1 g/mol. The molecular weight excluding hydrogens is 76.1 g/mol. The highest BCUT2D eigenvalue weighted by atomic mass is 16.3. The third kappa shape index (κ3) is 1.80. The predicted octanol–water partition coefficient (Wildman–Crippen LogP) is 0.205. The summed E-state index contributed by atoms with van der Waals surface area (Å²) in [7, 11) is 0. The van der Waals surface area contributed by atoms with Crippen molar-refractivity contribution in [1.82, 2.24) is 0 Å². The molecule has 33 valence electrons. The Morgan fingerprint density at radius 3 is 2.50 bits per heavy atom. The molecule has 0 rings (SSSR count). The van der Waals surface area contributed by atoms with E-state index in [2.05, 4.69) is 12.8 Å². The van der Waals surface area contributed by atoms with Gasteiger partial charge in [-0.1, -0.05) is 5.92 Å². The van der Waals surface area contributed by atoms with Crippen molar-refractivity contribution >= 4 is 0 Å². The normalized spacial score (nSPS) is 12.8. The number of hydrogen-bond donors (Lipinski definition) is 1. The number of aliphatic hydroxyl groups excluding tert-OH is 1. The lowest BCUT2D eigenvalue weighted by Crippen LogP contribution is -1.97. The summed E-state index contributed by atoms with van der Waals surface area (Å²) >= 11 is 0. The summed E-state index contributed by atoms with van der Waals surface area (Å²) in [4.78, 5) is 0. The predicted molar refractivity (Wildman–Crippen MR) is 24.8 cm³/mol. The smallest absolute Gasteiger partial charge is 0.114 e. The van der Waals surface area contributed by atoms with Crippen LogP contribution in [0.2, 0.25) is 0 Å². The number of hydrogen-bond acceptors (Lipinski definition) is 1.